The van der Waals surface area contributed by atoms with Crippen LogP contribution in [-0.2, 0) is 11.3 Å². The summed E-state index contributed by atoms with van der Waals surface area (Å²) in [5.74, 6) is 0.331. The highest BCUT2D eigenvalue weighted by atomic mass is 16.6. The Morgan fingerprint density at radius 2 is 1.87 bits per heavy atom. The van der Waals surface area contributed by atoms with Crippen LogP contribution >= 0.6 is 0 Å². The van der Waals surface area contributed by atoms with Crippen molar-refractivity contribution in [2.45, 2.75) is 51.6 Å². The Bertz CT molecular complexity index is 871. The Kier molecular flexibility index (Phi) is 8.22. The fraction of sp³-hybridized carbons (Fsp3) is 0.391. The van der Waals surface area contributed by atoms with E-state index < -0.39 is 23.9 Å². The zero-order valence-electron chi connectivity index (χ0n) is 17.5. The number of aliphatic hydroxyl groups excluding tert-OH is 2. The summed E-state index contributed by atoms with van der Waals surface area (Å²) in [5, 5.41) is 32.6. The topological polar surface area (TPSA) is 112 Å². The van der Waals surface area contributed by atoms with Crippen molar-refractivity contribution in [3.63, 3.8) is 0 Å². The molecule has 0 aliphatic carbocycles. The first-order valence-corrected chi connectivity index (χ1v) is 9.73. The molecule has 0 aliphatic rings. The van der Waals surface area contributed by atoms with Crippen molar-refractivity contribution in [3.05, 3.63) is 65.2 Å². The molecule has 2 atom stereocenters. The number of rotatable bonds is 8. The lowest BCUT2D eigenvalue weighted by Crippen LogP contribution is -2.34. The van der Waals surface area contributed by atoms with Gasteiger partial charge in [0, 0.05) is 6.54 Å². The summed E-state index contributed by atoms with van der Waals surface area (Å²) in [4.78, 5) is 11.7. The Labute approximate surface area is 176 Å². The van der Waals surface area contributed by atoms with Crippen molar-refractivity contribution in [2.24, 2.45) is 0 Å². The minimum absolute atomic E-state index is 0.126. The minimum Gasteiger partial charge on any atom is -0.488 e. The molecule has 0 heterocycles. The quantitative estimate of drug-likeness (QED) is 0.612. The summed E-state index contributed by atoms with van der Waals surface area (Å²) in [6.45, 7) is 5.69. The number of benzene rings is 2. The Hall–Kier alpha value is -3.08. The van der Waals surface area contributed by atoms with Gasteiger partial charge in [-0.25, -0.2) is 4.79 Å². The monoisotopic (exact) mass is 412 g/mol. The zero-order valence-corrected chi connectivity index (χ0v) is 17.5. The maximum atomic E-state index is 11.7. The average Bonchev–Trinajstić information content (AvgIpc) is 2.70. The predicted octanol–water partition coefficient (Wildman–Crippen LogP) is 3.45. The van der Waals surface area contributed by atoms with Gasteiger partial charge < -0.3 is 25.0 Å². The van der Waals surface area contributed by atoms with E-state index in [2.05, 4.69) is 11.4 Å². The number of carbonyl (C=O) groups excluding carboxylic acids is 1. The summed E-state index contributed by atoms with van der Waals surface area (Å²) >= 11 is 0. The molecule has 2 rings (SSSR count). The van der Waals surface area contributed by atoms with Crippen LogP contribution in [0.25, 0.3) is 0 Å². The number of hydrogen-bond donors (Lipinski definition) is 3. The SMILES string of the molecule is CC(C)(C)OC(=O)NCCC(O)C(O)c1ccc(C#N)c(OCc2ccccc2)c1. The van der Waals surface area contributed by atoms with Crippen LogP contribution < -0.4 is 10.1 Å². The summed E-state index contributed by atoms with van der Waals surface area (Å²) in [7, 11) is 0. The number of carbonyl (C=O) groups is 1. The standard InChI is InChI=1S/C23H28N2O5/c1-23(2,3)30-22(28)25-12-11-19(26)21(27)17-9-10-18(14-24)20(13-17)29-15-16-7-5-4-6-8-16/h4-10,13,19,21,26-27H,11-12,15H2,1-3H3,(H,25,28). The first kappa shape index (κ1) is 23.2. The zero-order chi connectivity index (χ0) is 22.1. The van der Waals surface area contributed by atoms with Gasteiger partial charge in [0.2, 0.25) is 0 Å². The third kappa shape index (κ3) is 7.39. The molecule has 0 bridgehead atoms. The van der Waals surface area contributed by atoms with Crippen LogP contribution in [0.4, 0.5) is 4.79 Å². The van der Waals surface area contributed by atoms with E-state index in [1.165, 1.54) is 0 Å². The number of nitriles is 1. The first-order chi connectivity index (χ1) is 14.2. The van der Waals surface area contributed by atoms with Gasteiger partial charge >= 0.3 is 6.09 Å². The largest absolute Gasteiger partial charge is 0.488 e. The van der Waals surface area contributed by atoms with Gasteiger partial charge in [-0.1, -0.05) is 36.4 Å². The highest BCUT2D eigenvalue weighted by molar-refractivity contribution is 5.67. The second kappa shape index (κ2) is 10.6. The highest BCUT2D eigenvalue weighted by Gasteiger charge is 2.21. The van der Waals surface area contributed by atoms with Gasteiger partial charge in [0.15, 0.2) is 0 Å². The van der Waals surface area contributed by atoms with E-state index in [0.717, 1.165) is 5.56 Å². The Morgan fingerprint density at radius 1 is 1.17 bits per heavy atom. The molecule has 2 aromatic carbocycles. The molecule has 1 amide bonds. The van der Waals surface area contributed by atoms with E-state index in [1.54, 1.807) is 39.0 Å². The van der Waals surface area contributed by atoms with E-state index in [1.807, 2.05) is 30.3 Å². The van der Waals surface area contributed by atoms with Crippen molar-refractivity contribution in [1.29, 1.82) is 5.26 Å². The minimum atomic E-state index is -1.20. The molecule has 3 N–H and O–H groups in total. The van der Waals surface area contributed by atoms with Crippen molar-refractivity contribution in [2.75, 3.05) is 6.54 Å². The third-order valence-corrected chi connectivity index (χ3v) is 4.18. The van der Waals surface area contributed by atoms with E-state index >= 15 is 0 Å². The Balaban J connectivity index is 1.96. The fourth-order valence-corrected chi connectivity index (χ4v) is 2.69. The maximum Gasteiger partial charge on any atom is 0.407 e. The lowest BCUT2D eigenvalue weighted by atomic mass is 10.0. The molecule has 0 aliphatic heterocycles. The van der Waals surface area contributed by atoms with E-state index in [4.69, 9.17) is 9.47 Å². The number of nitrogens with zero attached hydrogens (tertiary/aromatic N) is 1. The van der Waals surface area contributed by atoms with Crippen molar-refractivity contribution in [3.8, 4) is 11.8 Å². The molecule has 30 heavy (non-hydrogen) atoms. The van der Waals surface area contributed by atoms with Crippen molar-refractivity contribution < 1.29 is 24.5 Å². The molecule has 0 fully saturated rings. The van der Waals surface area contributed by atoms with Gasteiger partial charge in [0.25, 0.3) is 0 Å². The van der Waals surface area contributed by atoms with Crippen LogP contribution in [0.15, 0.2) is 48.5 Å². The number of ether oxygens (including phenoxy) is 2. The number of nitrogens with one attached hydrogen (secondary N) is 1. The molecule has 160 valence electrons. The Morgan fingerprint density at radius 3 is 2.50 bits per heavy atom. The molecule has 0 spiro atoms. The number of amides is 1. The molecule has 2 aromatic rings. The van der Waals surface area contributed by atoms with Crippen LogP contribution in [0.5, 0.6) is 5.75 Å². The molecule has 7 nitrogen and oxygen atoms in total. The summed E-state index contributed by atoms with van der Waals surface area (Å²) in [6.07, 6.45) is -2.77. The molecule has 2 unspecified atom stereocenters. The normalized spacial score (nSPS) is 13.1. The van der Waals surface area contributed by atoms with Gasteiger partial charge in [-0.05, 0) is 50.5 Å². The average molecular weight is 412 g/mol. The lowest BCUT2D eigenvalue weighted by molar-refractivity contribution is 0.0122. The predicted molar refractivity (Wildman–Crippen MR) is 112 cm³/mol. The first-order valence-electron chi connectivity index (χ1n) is 9.73. The maximum absolute atomic E-state index is 11.7. The summed E-state index contributed by atoms with van der Waals surface area (Å²) in [5.41, 5.74) is 1.09. The van der Waals surface area contributed by atoms with E-state index in [9.17, 15) is 20.3 Å². The second-order valence-corrected chi connectivity index (χ2v) is 7.87. The van der Waals surface area contributed by atoms with Crippen molar-refractivity contribution in [1.82, 2.24) is 5.32 Å². The highest BCUT2D eigenvalue weighted by Crippen LogP contribution is 2.27. The molecule has 0 saturated heterocycles. The van der Waals surface area contributed by atoms with Gasteiger partial charge in [0.05, 0.1) is 11.7 Å². The van der Waals surface area contributed by atoms with Crippen LogP contribution in [-0.4, -0.2) is 34.6 Å². The van der Waals surface area contributed by atoms with Crippen LogP contribution in [0.1, 0.15) is 50.0 Å². The van der Waals surface area contributed by atoms with E-state index in [-0.39, 0.29) is 19.6 Å². The molecule has 0 radical (unpaired) electrons. The van der Waals surface area contributed by atoms with Crippen LogP contribution in [0.3, 0.4) is 0 Å². The van der Waals surface area contributed by atoms with Gasteiger partial charge in [-0.3, -0.25) is 0 Å². The van der Waals surface area contributed by atoms with Crippen molar-refractivity contribution >= 4 is 6.09 Å². The lowest BCUT2D eigenvalue weighted by Gasteiger charge is -2.21. The van der Waals surface area contributed by atoms with Gasteiger partial charge in [0.1, 0.15) is 30.1 Å². The number of alkyl carbamates (subject to hydrolysis) is 1. The molecule has 0 saturated carbocycles. The number of hydrogen-bond acceptors (Lipinski definition) is 6. The van der Waals surface area contributed by atoms with E-state index in [0.29, 0.717) is 16.9 Å². The molecular formula is C23H28N2O5. The number of aliphatic hydroxyl groups is 2. The smallest absolute Gasteiger partial charge is 0.407 e. The van der Waals surface area contributed by atoms with Gasteiger partial charge in [-0.15, -0.1) is 0 Å². The van der Waals surface area contributed by atoms with Gasteiger partial charge in [-0.2, -0.15) is 5.26 Å². The summed E-state index contributed by atoms with van der Waals surface area (Å²) < 4.78 is 10.9. The molecular weight excluding hydrogens is 384 g/mol. The fourth-order valence-electron chi connectivity index (χ4n) is 2.69. The second-order valence-electron chi connectivity index (χ2n) is 7.87. The molecule has 0 aromatic heterocycles. The third-order valence-electron chi connectivity index (χ3n) is 4.18. The summed E-state index contributed by atoms with van der Waals surface area (Å²) in [6, 6.07) is 16.2. The molecule has 7 heteroatoms. The van der Waals surface area contributed by atoms with Crippen LogP contribution in [0, 0.1) is 11.3 Å². The van der Waals surface area contributed by atoms with Crippen LogP contribution in [0.2, 0.25) is 0 Å².